The van der Waals surface area contributed by atoms with Gasteiger partial charge in [0.1, 0.15) is 13.2 Å². The molecular formula is C51H46N2O5. The summed E-state index contributed by atoms with van der Waals surface area (Å²) < 4.78 is 12.3. The average molecular weight is 767 g/mol. The maximum atomic E-state index is 12.9. The molecule has 0 spiro atoms. The van der Waals surface area contributed by atoms with E-state index < -0.39 is 0 Å². The molecule has 290 valence electrons. The van der Waals surface area contributed by atoms with Crippen LogP contribution in [0.1, 0.15) is 102 Å². The Hall–Kier alpha value is -6.73. The zero-order chi connectivity index (χ0) is 40.0. The maximum absolute atomic E-state index is 12.9. The van der Waals surface area contributed by atoms with Crippen LogP contribution in [0.3, 0.4) is 0 Å². The van der Waals surface area contributed by atoms with E-state index in [0.717, 1.165) is 33.1 Å². The smallest absolute Gasteiger partial charge is 0.338 e. The number of rotatable bonds is 13. The van der Waals surface area contributed by atoms with Gasteiger partial charge in [0.25, 0.3) is 5.91 Å². The van der Waals surface area contributed by atoms with Crippen LogP contribution in [0.25, 0.3) is 21.8 Å². The minimum atomic E-state index is -0.312. The molecule has 2 heterocycles. The molecule has 0 aliphatic heterocycles. The normalized spacial score (nSPS) is 13.4. The Morgan fingerprint density at radius 3 is 1.78 bits per heavy atom. The van der Waals surface area contributed by atoms with E-state index in [0.29, 0.717) is 41.4 Å². The van der Waals surface area contributed by atoms with E-state index in [1.54, 1.807) is 16.7 Å². The third-order valence-corrected chi connectivity index (χ3v) is 10.9. The maximum Gasteiger partial charge on any atom is 0.338 e. The van der Waals surface area contributed by atoms with Gasteiger partial charge in [0.15, 0.2) is 0 Å². The Morgan fingerprint density at radius 1 is 0.638 bits per heavy atom. The number of hydrogen-bond donors (Lipinski definition) is 1. The molecule has 7 nitrogen and oxygen atoms in total. The van der Waals surface area contributed by atoms with Crippen molar-refractivity contribution in [2.45, 2.75) is 50.4 Å². The van der Waals surface area contributed by atoms with Crippen molar-refractivity contribution < 1.29 is 23.9 Å². The van der Waals surface area contributed by atoms with Crippen LogP contribution < -0.4 is 0 Å². The lowest BCUT2D eigenvalue weighted by atomic mass is 9.96. The van der Waals surface area contributed by atoms with Crippen molar-refractivity contribution in [1.29, 1.82) is 0 Å². The number of H-pyrrole nitrogens is 1. The highest BCUT2D eigenvalue weighted by Gasteiger charge is 2.27. The highest BCUT2D eigenvalue weighted by Crippen LogP contribution is 2.42. The van der Waals surface area contributed by atoms with E-state index in [2.05, 4.69) is 66.7 Å². The largest absolute Gasteiger partial charge is 0.458 e. The molecule has 7 aromatic rings. The zero-order valence-corrected chi connectivity index (χ0v) is 32.5. The van der Waals surface area contributed by atoms with Crippen molar-refractivity contribution in [3.8, 4) is 0 Å². The molecule has 9 rings (SSSR count). The van der Waals surface area contributed by atoms with Crippen LogP contribution in [0, 0.1) is 0 Å². The zero-order valence-electron chi connectivity index (χ0n) is 32.5. The first-order valence-electron chi connectivity index (χ1n) is 20.0. The van der Waals surface area contributed by atoms with E-state index in [1.165, 1.54) is 47.8 Å². The lowest BCUT2D eigenvalue weighted by Gasteiger charge is -2.12. The molecule has 0 atom stereocenters. The molecule has 2 aromatic heterocycles. The topological polar surface area (TPSA) is 90.4 Å². The number of benzene rings is 5. The summed E-state index contributed by atoms with van der Waals surface area (Å²) >= 11 is 0. The molecule has 2 aliphatic rings. The van der Waals surface area contributed by atoms with Crippen molar-refractivity contribution in [2.75, 3.05) is 13.2 Å². The fraction of sp³-hybridized carbons (Fsp3) is 0.196. The number of carbonyl (C=O) groups excluding carboxylic acids is 3. The Balaban J connectivity index is 0.000000168. The van der Waals surface area contributed by atoms with E-state index in [9.17, 15) is 14.4 Å². The molecule has 0 bridgehead atoms. The van der Waals surface area contributed by atoms with Crippen molar-refractivity contribution >= 4 is 39.7 Å². The van der Waals surface area contributed by atoms with Crippen molar-refractivity contribution in [2.24, 2.45) is 0 Å². The third-order valence-electron chi connectivity index (χ3n) is 10.9. The lowest BCUT2D eigenvalue weighted by Crippen LogP contribution is -2.10. The number of carbonyl (C=O) groups is 3. The molecule has 0 radical (unpaired) electrons. The number of esters is 2. The summed E-state index contributed by atoms with van der Waals surface area (Å²) in [7, 11) is 0. The number of nitrogens with one attached hydrogen (secondary N) is 1. The molecule has 0 unspecified atom stereocenters. The van der Waals surface area contributed by atoms with Gasteiger partial charge in [0.05, 0.1) is 16.6 Å². The fourth-order valence-corrected chi connectivity index (χ4v) is 7.49. The van der Waals surface area contributed by atoms with Gasteiger partial charge in [-0.2, -0.15) is 0 Å². The first kappa shape index (κ1) is 38.2. The molecule has 2 fully saturated rings. The number of hydrogen-bond acceptors (Lipinski definition) is 5. The van der Waals surface area contributed by atoms with Crippen LogP contribution in [0.2, 0.25) is 0 Å². The standard InChI is InChI=1S/C29H25NO3.C22H21NO2/c1-2-16-33-29(32)26-19-23(21-9-10-21)11-12-24(26)17-20-8-13-27-25(18-20)14-15-30(27)28(31)22-6-4-3-5-7-22;1-2-11-25-22(24)20-14-17(16-4-5-16)6-7-18(20)12-15-3-8-21-19(13-15)9-10-23-21/h2-8,11-15,18-19,21H,1,9-10,16-17H2;2-3,6-10,13-14,16,23H,1,4-5,11-12H2. The molecule has 58 heavy (non-hydrogen) atoms. The minimum Gasteiger partial charge on any atom is -0.458 e. The monoisotopic (exact) mass is 766 g/mol. The Labute approximate surface area is 338 Å². The Bertz CT molecular complexity index is 2640. The van der Waals surface area contributed by atoms with Gasteiger partial charge < -0.3 is 14.5 Å². The van der Waals surface area contributed by atoms with Gasteiger partial charge in [-0.1, -0.05) is 79.9 Å². The van der Waals surface area contributed by atoms with Crippen molar-refractivity contribution in [1.82, 2.24) is 9.55 Å². The predicted molar refractivity (Wildman–Crippen MR) is 230 cm³/mol. The van der Waals surface area contributed by atoms with Gasteiger partial charge in [-0.3, -0.25) is 9.36 Å². The van der Waals surface area contributed by atoms with E-state index in [-0.39, 0.29) is 31.1 Å². The number of aromatic amines is 1. The van der Waals surface area contributed by atoms with E-state index in [1.807, 2.05) is 79.1 Å². The molecule has 2 saturated carbocycles. The summed E-state index contributed by atoms with van der Waals surface area (Å²) in [6.45, 7) is 7.68. The van der Waals surface area contributed by atoms with E-state index in [4.69, 9.17) is 9.47 Å². The molecular weight excluding hydrogens is 721 g/mol. The Morgan fingerprint density at radius 2 is 1.21 bits per heavy atom. The van der Waals surface area contributed by atoms with Crippen molar-refractivity contribution in [3.05, 3.63) is 203 Å². The van der Waals surface area contributed by atoms with Gasteiger partial charge in [0, 0.05) is 28.9 Å². The molecule has 0 saturated heterocycles. The van der Waals surface area contributed by atoms with Crippen LogP contribution >= 0.6 is 0 Å². The van der Waals surface area contributed by atoms with Crippen LogP contribution in [0.15, 0.2) is 153 Å². The first-order valence-corrected chi connectivity index (χ1v) is 20.0. The Kier molecular flexibility index (Phi) is 11.3. The van der Waals surface area contributed by atoms with Crippen LogP contribution in [0.5, 0.6) is 0 Å². The number of aromatic nitrogens is 2. The fourth-order valence-electron chi connectivity index (χ4n) is 7.49. The summed E-state index contributed by atoms with van der Waals surface area (Å²) in [6, 6.07) is 38.1. The van der Waals surface area contributed by atoms with Gasteiger partial charge >= 0.3 is 11.9 Å². The minimum absolute atomic E-state index is 0.0544. The van der Waals surface area contributed by atoms with Crippen LogP contribution in [0.4, 0.5) is 0 Å². The second-order valence-corrected chi connectivity index (χ2v) is 15.2. The molecule has 0 amide bonds. The molecule has 1 N–H and O–H groups in total. The molecule has 5 aromatic carbocycles. The SMILES string of the molecule is C=CCOC(=O)c1cc(C2CC2)ccc1Cc1ccc2[nH]ccc2c1.C=CCOC(=O)c1cc(C2CC2)ccc1Cc1ccc2c(ccn2C(=O)c2ccccc2)c1. The summed E-state index contributed by atoms with van der Waals surface area (Å²) in [5.74, 6) is 0.536. The lowest BCUT2D eigenvalue weighted by molar-refractivity contribution is 0.0539. The number of ether oxygens (including phenoxy) is 2. The molecule has 2 aliphatic carbocycles. The summed E-state index contributed by atoms with van der Waals surface area (Å²) in [5.41, 5.74) is 10.6. The third kappa shape index (κ3) is 8.79. The van der Waals surface area contributed by atoms with Gasteiger partial charge in [0.2, 0.25) is 0 Å². The average Bonchev–Trinajstić information content (AvgIpc) is 4.20. The highest BCUT2D eigenvalue weighted by molar-refractivity contribution is 6.02. The number of fused-ring (bicyclic) bond motifs is 2. The second-order valence-electron chi connectivity index (χ2n) is 15.2. The molecule has 7 heteroatoms. The summed E-state index contributed by atoms with van der Waals surface area (Å²) in [5, 5.41) is 2.17. The van der Waals surface area contributed by atoms with E-state index >= 15 is 0 Å². The van der Waals surface area contributed by atoms with Crippen LogP contribution in [-0.4, -0.2) is 40.6 Å². The predicted octanol–water partition coefficient (Wildman–Crippen LogP) is 11.1. The van der Waals surface area contributed by atoms with Crippen LogP contribution in [-0.2, 0) is 22.3 Å². The number of nitrogens with zero attached hydrogens (tertiary/aromatic N) is 1. The second kappa shape index (κ2) is 17.2. The first-order chi connectivity index (χ1) is 28.4. The highest BCUT2D eigenvalue weighted by atomic mass is 16.5. The van der Waals surface area contributed by atoms with Gasteiger partial charge in [-0.25, -0.2) is 9.59 Å². The summed E-state index contributed by atoms with van der Waals surface area (Å²) in [6.07, 6.45) is 13.0. The quantitative estimate of drug-likeness (QED) is 0.0932. The van der Waals surface area contributed by atoms with Crippen molar-refractivity contribution in [3.63, 3.8) is 0 Å². The van der Waals surface area contributed by atoms with Gasteiger partial charge in [-0.15, -0.1) is 0 Å². The summed E-state index contributed by atoms with van der Waals surface area (Å²) in [4.78, 5) is 41.3. The van der Waals surface area contributed by atoms with Gasteiger partial charge in [-0.05, 0) is 150 Å².